The number of anilines is 1. The molecule has 0 saturated carbocycles. The highest BCUT2D eigenvalue weighted by Crippen LogP contribution is 2.39. The smallest absolute Gasteiger partial charge is 0.0481 e. The summed E-state index contributed by atoms with van der Waals surface area (Å²) in [6.07, 6.45) is 0. The first-order chi connectivity index (χ1) is 7.88. The second-order valence-corrected chi connectivity index (χ2v) is 7.35. The molecule has 0 aromatic heterocycles. The minimum absolute atomic E-state index is 0.321. The van der Waals surface area contributed by atoms with E-state index in [4.69, 9.17) is 0 Å². The van der Waals surface area contributed by atoms with Crippen molar-refractivity contribution in [3.63, 3.8) is 0 Å². The Balaban J connectivity index is 2.23. The lowest BCUT2D eigenvalue weighted by Crippen LogP contribution is -2.38. The van der Waals surface area contributed by atoms with E-state index in [1.165, 1.54) is 16.1 Å². The molecule has 94 valence electrons. The van der Waals surface area contributed by atoms with Crippen molar-refractivity contribution < 1.29 is 0 Å². The monoisotopic (exact) mass is 249 g/mol. The van der Waals surface area contributed by atoms with E-state index in [1.807, 2.05) is 11.8 Å². The summed E-state index contributed by atoms with van der Waals surface area (Å²) in [4.78, 5) is 1.41. The van der Waals surface area contributed by atoms with Crippen molar-refractivity contribution in [3.05, 3.63) is 23.8 Å². The molecule has 0 spiro atoms. The maximum absolute atomic E-state index is 3.68. The Labute approximate surface area is 109 Å². The van der Waals surface area contributed by atoms with E-state index in [0.717, 1.165) is 5.75 Å². The highest BCUT2D eigenvalue weighted by atomic mass is 32.2. The van der Waals surface area contributed by atoms with Crippen LogP contribution < -0.4 is 5.32 Å². The van der Waals surface area contributed by atoms with Crippen LogP contribution in [-0.4, -0.2) is 11.8 Å². The fraction of sp³-hybridized carbons (Fsp3) is 0.600. The number of nitrogens with one attached hydrogen (secondary N) is 1. The second kappa shape index (κ2) is 4.56. The molecule has 2 heteroatoms. The molecule has 0 radical (unpaired) electrons. The Morgan fingerprint density at radius 3 is 2.59 bits per heavy atom. The van der Waals surface area contributed by atoms with Gasteiger partial charge in [-0.25, -0.2) is 0 Å². The minimum Gasteiger partial charge on any atom is -0.380 e. The van der Waals surface area contributed by atoms with E-state index in [-0.39, 0.29) is 0 Å². The third-order valence-electron chi connectivity index (χ3n) is 3.45. The molecule has 1 aliphatic heterocycles. The van der Waals surface area contributed by atoms with Crippen LogP contribution in [0.25, 0.3) is 0 Å². The lowest BCUT2D eigenvalue weighted by atomic mass is 9.87. The molecule has 0 fully saturated rings. The van der Waals surface area contributed by atoms with Gasteiger partial charge in [0, 0.05) is 22.4 Å². The van der Waals surface area contributed by atoms with Crippen LogP contribution in [0, 0.1) is 5.41 Å². The van der Waals surface area contributed by atoms with Crippen LogP contribution >= 0.6 is 11.8 Å². The molecular weight excluding hydrogens is 226 g/mol. The molecule has 1 aromatic carbocycles. The molecule has 1 aliphatic rings. The van der Waals surface area contributed by atoms with E-state index in [9.17, 15) is 0 Å². The van der Waals surface area contributed by atoms with Crippen molar-refractivity contribution in [1.29, 1.82) is 0 Å². The predicted octanol–water partition coefficient (Wildman–Crippen LogP) is 4.74. The average molecular weight is 249 g/mol. The number of hydrogen-bond acceptors (Lipinski definition) is 2. The van der Waals surface area contributed by atoms with Gasteiger partial charge in [-0.05, 0) is 29.0 Å². The van der Waals surface area contributed by atoms with Gasteiger partial charge in [-0.1, -0.05) is 40.7 Å². The van der Waals surface area contributed by atoms with Gasteiger partial charge < -0.3 is 5.32 Å². The van der Waals surface area contributed by atoms with Crippen LogP contribution in [0.2, 0.25) is 0 Å². The predicted molar refractivity (Wildman–Crippen MR) is 78.1 cm³/mol. The molecule has 0 saturated heterocycles. The standard InChI is InChI=1S/C15H23NS/c1-10(2)11-6-7-12-13(8-11)17-9-14(16-12)15(3,4)5/h6-8,10,14,16H,9H2,1-5H3. The topological polar surface area (TPSA) is 12.0 Å². The van der Waals surface area contributed by atoms with Crippen molar-refractivity contribution in [1.82, 2.24) is 0 Å². The molecule has 0 amide bonds. The highest BCUT2D eigenvalue weighted by molar-refractivity contribution is 7.99. The number of benzene rings is 1. The molecule has 1 atom stereocenters. The Hall–Kier alpha value is -0.630. The fourth-order valence-corrected chi connectivity index (χ4v) is 3.44. The summed E-state index contributed by atoms with van der Waals surface area (Å²) in [7, 11) is 0. The fourth-order valence-electron chi connectivity index (χ4n) is 2.01. The minimum atomic E-state index is 0.321. The average Bonchev–Trinajstić information content (AvgIpc) is 2.26. The zero-order valence-corrected chi connectivity index (χ0v) is 12.3. The molecule has 1 aromatic rings. The SMILES string of the molecule is CC(C)c1ccc2c(c1)SCC(C(C)(C)C)N2. The molecule has 1 unspecified atom stereocenters. The van der Waals surface area contributed by atoms with E-state index in [1.54, 1.807) is 0 Å². The summed E-state index contributed by atoms with van der Waals surface area (Å²) in [6, 6.07) is 7.40. The van der Waals surface area contributed by atoms with Gasteiger partial charge >= 0.3 is 0 Å². The lowest BCUT2D eigenvalue weighted by molar-refractivity contribution is 0.362. The van der Waals surface area contributed by atoms with Crippen molar-refractivity contribution >= 4 is 17.4 Å². The van der Waals surface area contributed by atoms with Crippen LogP contribution in [0.15, 0.2) is 23.1 Å². The van der Waals surface area contributed by atoms with E-state index < -0.39 is 0 Å². The van der Waals surface area contributed by atoms with Crippen molar-refractivity contribution in [2.75, 3.05) is 11.1 Å². The molecule has 0 bridgehead atoms. The summed E-state index contributed by atoms with van der Waals surface area (Å²) in [5.74, 6) is 1.78. The van der Waals surface area contributed by atoms with Gasteiger partial charge in [-0.2, -0.15) is 0 Å². The third-order valence-corrected chi connectivity index (χ3v) is 4.60. The van der Waals surface area contributed by atoms with E-state index in [2.05, 4.69) is 58.1 Å². The Morgan fingerprint density at radius 1 is 1.29 bits per heavy atom. The van der Waals surface area contributed by atoms with Gasteiger partial charge in [0.1, 0.15) is 0 Å². The van der Waals surface area contributed by atoms with Gasteiger partial charge in [-0.3, -0.25) is 0 Å². The molecule has 1 nitrogen and oxygen atoms in total. The van der Waals surface area contributed by atoms with Gasteiger partial charge in [0.15, 0.2) is 0 Å². The summed E-state index contributed by atoms with van der Waals surface area (Å²) in [5, 5.41) is 3.68. The summed E-state index contributed by atoms with van der Waals surface area (Å²) >= 11 is 1.99. The first-order valence-corrected chi connectivity index (χ1v) is 7.40. The van der Waals surface area contributed by atoms with Gasteiger partial charge in [-0.15, -0.1) is 11.8 Å². The van der Waals surface area contributed by atoms with E-state index in [0.29, 0.717) is 17.4 Å². The molecule has 2 rings (SSSR count). The maximum Gasteiger partial charge on any atom is 0.0481 e. The number of fused-ring (bicyclic) bond motifs is 1. The van der Waals surface area contributed by atoms with Crippen molar-refractivity contribution in [2.45, 2.75) is 51.5 Å². The zero-order valence-electron chi connectivity index (χ0n) is 11.5. The summed E-state index contributed by atoms with van der Waals surface area (Å²) < 4.78 is 0. The van der Waals surface area contributed by atoms with Crippen LogP contribution in [0.3, 0.4) is 0 Å². The van der Waals surface area contributed by atoms with E-state index >= 15 is 0 Å². The first-order valence-electron chi connectivity index (χ1n) is 6.41. The molecule has 1 heterocycles. The summed E-state index contributed by atoms with van der Waals surface area (Å²) in [6.45, 7) is 11.4. The normalized spacial score (nSPS) is 20.0. The number of rotatable bonds is 1. The third kappa shape index (κ3) is 2.79. The van der Waals surface area contributed by atoms with Crippen molar-refractivity contribution in [3.8, 4) is 0 Å². The molecule has 1 N–H and O–H groups in total. The molecule has 17 heavy (non-hydrogen) atoms. The van der Waals surface area contributed by atoms with Gasteiger partial charge in [0.2, 0.25) is 0 Å². The number of hydrogen-bond donors (Lipinski definition) is 1. The highest BCUT2D eigenvalue weighted by Gasteiger charge is 2.28. The zero-order chi connectivity index (χ0) is 12.6. The van der Waals surface area contributed by atoms with Gasteiger partial charge in [0.05, 0.1) is 0 Å². The Bertz CT molecular complexity index is 404. The first kappa shape index (κ1) is 12.8. The number of thioether (sulfide) groups is 1. The van der Waals surface area contributed by atoms with Crippen LogP contribution in [0.5, 0.6) is 0 Å². The Kier molecular flexibility index (Phi) is 3.44. The summed E-state index contributed by atoms with van der Waals surface area (Å²) in [5.41, 5.74) is 3.07. The van der Waals surface area contributed by atoms with Crippen LogP contribution in [0.4, 0.5) is 5.69 Å². The quantitative estimate of drug-likeness (QED) is 0.771. The maximum atomic E-state index is 3.68. The Morgan fingerprint density at radius 2 is 2.00 bits per heavy atom. The van der Waals surface area contributed by atoms with Crippen molar-refractivity contribution in [2.24, 2.45) is 5.41 Å². The van der Waals surface area contributed by atoms with Crippen LogP contribution in [-0.2, 0) is 0 Å². The van der Waals surface area contributed by atoms with Crippen LogP contribution in [0.1, 0.15) is 46.1 Å². The largest absolute Gasteiger partial charge is 0.380 e. The van der Waals surface area contributed by atoms with Gasteiger partial charge in [0.25, 0.3) is 0 Å². The second-order valence-electron chi connectivity index (χ2n) is 6.28. The molecule has 0 aliphatic carbocycles. The lowest BCUT2D eigenvalue weighted by Gasteiger charge is -2.36. The molecular formula is C15H23NS.